The Kier molecular flexibility index (Phi) is 6.21. The first-order valence-electron chi connectivity index (χ1n) is 8.26. The van der Waals surface area contributed by atoms with Gasteiger partial charge in [-0.15, -0.1) is 0 Å². The summed E-state index contributed by atoms with van der Waals surface area (Å²) in [5.41, 5.74) is 5.25. The molecule has 2 rings (SSSR count). The first-order chi connectivity index (χ1) is 11.8. The molecule has 0 aliphatic rings. The van der Waals surface area contributed by atoms with Gasteiger partial charge in [0.05, 0.1) is 10.7 Å². The van der Waals surface area contributed by atoms with Gasteiger partial charge in [-0.2, -0.15) is 0 Å². The molecule has 0 aliphatic heterocycles. The molecule has 0 spiro atoms. The molecule has 2 N–H and O–H groups in total. The molecule has 0 saturated carbocycles. The molecule has 0 aromatic heterocycles. The Labute approximate surface area is 153 Å². The maximum atomic E-state index is 12.3. The van der Waals surface area contributed by atoms with Crippen molar-refractivity contribution in [2.24, 2.45) is 0 Å². The highest BCUT2D eigenvalue weighted by Crippen LogP contribution is 2.27. The number of aryl methyl sites for hydroxylation is 4. The van der Waals surface area contributed by atoms with E-state index in [0.717, 1.165) is 34.4 Å². The van der Waals surface area contributed by atoms with Gasteiger partial charge in [-0.1, -0.05) is 42.8 Å². The van der Waals surface area contributed by atoms with E-state index in [4.69, 9.17) is 11.6 Å². The molecule has 5 heteroatoms. The zero-order valence-corrected chi connectivity index (χ0v) is 15.8. The van der Waals surface area contributed by atoms with Gasteiger partial charge in [-0.05, 0) is 55.5 Å². The minimum absolute atomic E-state index is 0.263. The second-order valence-corrected chi connectivity index (χ2v) is 6.58. The van der Waals surface area contributed by atoms with Crippen LogP contribution >= 0.6 is 11.6 Å². The number of nitrogens with one attached hydrogen (secondary N) is 2. The summed E-state index contributed by atoms with van der Waals surface area (Å²) in [6.07, 6.45) is 0.544. The monoisotopic (exact) mass is 358 g/mol. The van der Waals surface area contributed by atoms with Crippen LogP contribution in [0.2, 0.25) is 5.02 Å². The second-order valence-electron chi connectivity index (χ2n) is 6.17. The highest BCUT2D eigenvalue weighted by molar-refractivity contribution is 6.34. The van der Waals surface area contributed by atoms with Crippen LogP contribution in [0.15, 0.2) is 30.3 Å². The van der Waals surface area contributed by atoms with Crippen molar-refractivity contribution in [1.82, 2.24) is 0 Å². The first kappa shape index (κ1) is 19.0. The molecule has 0 atom stereocenters. The highest BCUT2D eigenvalue weighted by atomic mass is 35.5. The van der Waals surface area contributed by atoms with E-state index in [1.54, 1.807) is 6.07 Å². The zero-order valence-electron chi connectivity index (χ0n) is 15.0. The van der Waals surface area contributed by atoms with Gasteiger partial charge >= 0.3 is 0 Å². The molecule has 2 aromatic rings. The predicted molar refractivity (Wildman–Crippen MR) is 103 cm³/mol. The fourth-order valence-corrected chi connectivity index (χ4v) is 3.16. The van der Waals surface area contributed by atoms with E-state index >= 15 is 0 Å². The van der Waals surface area contributed by atoms with Crippen molar-refractivity contribution in [3.05, 3.63) is 57.6 Å². The van der Waals surface area contributed by atoms with Crippen LogP contribution in [-0.4, -0.2) is 11.8 Å². The minimum Gasteiger partial charge on any atom is -0.325 e. The van der Waals surface area contributed by atoms with E-state index in [-0.39, 0.29) is 12.3 Å². The van der Waals surface area contributed by atoms with Crippen LogP contribution in [0.5, 0.6) is 0 Å². The van der Waals surface area contributed by atoms with E-state index in [2.05, 4.69) is 10.6 Å². The molecule has 0 fully saturated rings. The van der Waals surface area contributed by atoms with E-state index in [1.165, 1.54) is 0 Å². The third-order valence-electron chi connectivity index (χ3n) is 4.02. The van der Waals surface area contributed by atoms with Gasteiger partial charge in [0.25, 0.3) is 0 Å². The summed E-state index contributed by atoms with van der Waals surface area (Å²) in [7, 11) is 0. The number of hydrogen-bond acceptors (Lipinski definition) is 2. The zero-order chi connectivity index (χ0) is 18.6. The van der Waals surface area contributed by atoms with Crippen molar-refractivity contribution < 1.29 is 9.59 Å². The van der Waals surface area contributed by atoms with Gasteiger partial charge in [0.15, 0.2) is 0 Å². The summed E-state index contributed by atoms with van der Waals surface area (Å²) in [5, 5.41) is 6.06. The lowest BCUT2D eigenvalue weighted by Gasteiger charge is -2.14. The Morgan fingerprint density at radius 3 is 2.20 bits per heavy atom. The quantitative estimate of drug-likeness (QED) is 0.754. The maximum absolute atomic E-state index is 12.3. The Morgan fingerprint density at radius 1 is 0.960 bits per heavy atom. The Bertz CT molecular complexity index is 792. The van der Waals surface area contributed by atoms with Crippen molar-refractivity contribution in [3.63, 3.8) is 0 Å². The molecule has 0 aliphatic carbocycles. The number of para-hydroxylation sites is 1. The van der Waals surface area contributed by atoms with Crippen molar-refractivity contribution in [2.75, 3.05) is 10.6 Å². The summed E-state index contributed by atoms with van der Waals surface area (Å²) in [6, 6.07) is 9.58. The van der Waals surface area contributed by atoms with Crippen molar-refractivity contribution in [1.29, 1.82) is 0 Å². The van der Waals surface area contributed by atoms with Gasteiger partial charge in [0, 0.05) is 5.69 Å². The molecule has 132 valence electrons. The number of halogens is 1. The molecular weight excluding hydrogens is 336 g/mol. The van der Waals surface area contributed by atoms with Crippen molar-refractivity contribution in [3.8, 4) is 0 Å². The lowest BCUT2D eigenvalue weighted by Crippen LogP contribution is -2.22. The summed E-state index contributed by atoms with van der Waals surface area (Å²) in [5.74, 6) is -0.736. The number of anilines is 2. The number of rotatable bonds is 5. The Morgan fingerprint density at radius 2 is 1.60 bits per heavy atom. The van der Waals surface area contributed by atoms with Crippen LogP contribution in [0, 0.1) is 20.8 Å². The van der Waals surface area contributed by atoms with Gasteiger partial charge in [0.1, 0.15) is 6.42 Å². The third kappa shape index (κ3) is 4.83. The summed E-state index contributed by atoms with van der Waals surface area (Å²) >= 11 is 6.19. The van der Waals surface area contributed by atoms with Gasteiger partial charge in [-0.3, -0.25) is 9.59 Å². The standard InChI is InChI=1S/C20H23ClN2O2/c1-5-15-8-6-7-13(3)19(15)22-17(24)11-18(25)23-20-14(4)9-12(2)10-16(20)21/h6-10H,5,11H2,1-4H3,(H,22,24)(H,23,25). The second kappa shape index (κ2) is 8.17. The molecule has 0 unspecified atom stereocenters. The average molecular weight is 359 g/mol. The minimum atomic E-state index is -0.391. The van der Waals surface area contributed by atoms with Crippen LogP contribution in [0.1, 0.15) is 35.6 Å². The fraction of sp³-hybridized carbons (Fsp3) is 0.300. The lowest BCUT2D eigenvalue weighted by atomic mass is 10.1. The third-order valence-corrected chi connectivity index (χ3v) is 4.32. The van der Waals surface area contributed by atoms with Crippen molar-refractivity contribution >= 4 is 34.8 Å². The number of benzene rings is 2. The molecule has 2 aromatic carbocycles. The van der Waals surface area contributed by atoms with E-state index in [0.29, 0.717) is 10.7 Å². The predicted octanol–water partition coefficient (Wildman–Crippen LogP) is 4.79. The number of carbonyl (C=O) groups is 2. The highest BCUT2D eigenvalue weighted by Gasteiger charge is 2.15. The summed E-state index contributed by atoms with van der Waals surface area (Å²) in [4.78, 5) is 24.5. The SMILES string of the molecule is CCc1cccc(C)c1NC(=O)CC(=O)Nc1c(C)cc(C)cc1Cl. The Balaban J connectivity index is 2.06. The van der Waals surface area contributed by atoms with Crippen LogP contribution in [0.3, 0.4) is 0 Å². The van der Waals surface area contributed by atoms with Crippen LogP contribution in [0.4, 0.5) is 11.4 Å². The smallest absolute Gasteiger partial charge is 0.233 e. The van der Waals surface area contributed by atoms with Crippen LogP contribution < -0.4 is 10.6 Å². The largest absolute Gasteiger partial charge is 0.325 e. The van der Waals surface area contributed by atoms with E-state index in [9.17, 15) is 9.59 Å². The molecule has 0 radical (unpaired) electrons. The molecule has 0 bridgehead atoms. The van der Waals surface area contributed by atoms with Crippen molar-refractivity contribution in [2.45, 2.75) is 40.5 Å². The molecule has 2 amide bonds. The molecular formula is C20H23ClN2O2. The average Bonchev–Trinajstić information content (AvgIpc) is 2.52. The van der Waals surface area contributed by atoms with Gasteiger partial charge in [0.2, 0.25) is 11.8 Å². The van der Waals surface area contributed by atoms with Gasteiger partial charge < -0.3 is 10.6 Å². The fourth-order valence-electron chi connectivity index (χ4n) is 2.79. The first-order valence-corrected chi connectivity index (χ1v) is 8.64. The normalized spacial score (nSPS) is 10.4. The van der Waals surface area contributed by atoms with E-state index in [1.807, 2.05) is 52.0 Å². The number of amides is 2. The summed E-state index contributed by atoms with van der Waals surface area (Å²) in [6.45, 7) is 7.77. The molecule has 4 nitrogen and oxygen atoms in total. The summed E-state index contributed by atoms with van der Waals surface area (Å²) < 4.78 is 0. The lowest BCUT2D eigenvalue weighted by molar-refractivity contribution is -0.123. The van der Waals surface area contributed by atoms with Crippen LogP contribution in [0.25, 0.3) is 0 Å². The van der Waals surface area contributed by atoms with Crippen LogP contribution in [-0.2, 0) is 16.0 Å². The topological polar surface area (TPSA) is 58.2 Å². The molecule has 25 heavy (non-hydrogen) atoms. The van der Waals surface area contributed by atoms with E-state index < -0.39 is 5.91 Å². The number of carbonyl (C=O) groups excluding carboxylic acids is 2. The van der Waals surface area contributed by atoms with Gasteiger partial charge in [-0.25, -0.2) is 0 Å². The Hall–Kier alpha value is -2.33. The number of hydrogen-bond donors (Lipinski definition) is 2. The molecule has 0 saturated heterocycles. The maximum Gasteiger partial charge on any atom is 0.233 e. The molecule has 0 heterocycles.